The van der Waals surface area contributed by atoms with Crippen molar-refractivity contribution in [3.05, 3.63) is 36.7 Å². The first-order valence-electron chi connectivity index (χ1n) is 12.6. The van der Waals surface area contributed by atoms with Crippen LogP contribution in [0.25, 0.3) is 22.0 Å². The molecule has 1 aromatic carbocycles. The van der Waals surface area contributed by atoms with Crippen molar-refractivity contribution >= 4 is 22.3 Å². The number of rotatable bonds is 7. The average molecular weight is 460 g/mol. The molecule has 1 saturated heterocycles. The van der Waals surface area contributed by atoms with Crippen molar-refractivity contribution in [1.29, 1.82) is 0 Å². The van der Waals surface area contributed by atoms with Gasteiger partial charge in [0.15, 0.2) is 0 Å². The van der Waals surface area contributed by atoms with Crippen LogP contribution in [-0.4, -0.2) is 60.3 Å². The normalized spacial score (nSPS) is 18.7. The molecule has 1 aliphatic carbocycles. The highest BCUT2D eigenvalue weighted by Gasteiger charge is 2.46. The number of anilines is 2. The van der Waals surface area contributed by atoms with Crippen LogP contribution < -0.4 is 20.1 Å². The molecule has 1 saturated carbocycles. The summed E-state index contributed by atoms with van der Waals surface area (Å²) in [7, 11) is 1.94. The number of aromatic nitrogens is 2. The zero-order chi connectivity index (χ0) is 23.0. The summed E-state index contributed by atoms with van der Waals surface area (Å²) in [6.45, 7) is 4.92. The third kappa shape index (κ3) is 4.13. The van der Waals surface area contributed by atoms with Gasteiger partial charge in [-0.15, -0.1) is 0 Å². The van der Waals surface area contributed by atoms with Gasteiger partial charge in [0.2, 0.25) is 5.88 Å². The summed E-state index contributed by atoms with van der Waals surface area (Å²) in [6, 6.07) is 8.20. The fraction of sp³-hybridized carbons (Fsp3) is 0.481. The van der Waals surface area contributed by atoms with Crippen molar-refractivity contribution in [3.8, 4) is 22.8 Å². The first-order chi connectivity index (χ1) is 16.7. The minimum absolute atomic E-state index is 0.0281. The van der Waals surface area contributed by atoms with Crippen LogP contribution in [0.4, 0.5) is 11.4 Å². The molecular weight excluding hydrogens is 426 g/mol. The lowest BCUT2D eigenvalue weighted by atomic mass is 10.0. The lowest BCUT2D eigenvalue weighted by Crippen LogP contribution is -2.31. The number of piperidine rings is 1. The van der Waals surface area contributed by atoms with E-state index in [0.717, 1.165) is 65.0 Å². The van der Waals surface area contributed by atoms with Gasteiger partial charge in [0, 0.05) is 37.0 Å². The van der Waals surface area contributed by atoms with Crippen molar-refractivity contribution in [2.24, 2.45) is 0 Å². The highest BCUT2D eigenvalue weighted by Crippen LogP contribution is 2.50. The molecule has 7 nitrogen and oxygen atoms in total. The second-order valence-corrected chi connectivity index (χ2v) is 9.82. The average Bonchev–Trinajstić information content (AvgIpc) is 3.68. The fourth-order valence-corrected chi connectivity index (χ4v) is 5.16. The number of ether oxygens (including phenoxy) is 2. The van der Waals surface area contributed by atoms with E-state index in [2.05, 4.69) is 43.7 Å². The Morgan fingerprint density at radius 2 is 1.97 bits per heavy atom. The Morgan fingerprint density at radius 3 is 2.74 bits per heavy atom. The van der Waals surface area contributed by atoms with Crippen LogP contribution in [0.1, 0.15) is 38.5 Å². The summed E-state index contributed by atoms with van der Waals surface area (Å²) in [6.07, 6.45) is 11.1. The first kappa shape index (κ1) is 21.5. The first-order valence-corrected chi connectivity index (χ1v) is 12.6. The summed E-state index contributed by atoms with van der Waals surface area (Å²) in [5.41, 5.74) is 5.09. The molecule has 1 spiro atoms. The Hall–Kier alpha value is -3.06. The van der Waals surface area contributed by atoms with Crippen LogP contribution in [-0.2, 0) is 0 Å². The topological polar surface area (TPSA) is 71.5 Å². The smallest absolute Gasteiger partial charge is 0.213 e. The Bertz CT molecular complexity index is 1170. The molecule has 0 atom stereocenters. The Morgan fingerprint density at radius 1 is 1.09 bits per heavy atom. The Kier molecular flexibility index (Phi) is 5.65. The Labute approximate surface area is 200 Å². The van der Waals surface area contributed by atoms with E-state index in [4.69, 9.17) is 9.47 Å². The number of nitrogens with zero attached hydrogens (tertiary/aromatic N) is 3. The van der Waals surface area contributed by atoms with E-state index < -0.39 is 0 Å². The standard InChI is InChI=1S/C27H33N5O2/c1-28-22-17-29-21-8-7-20(26-24(21)25(22)31-27(10-11-27)18-34-26)19-6-9-23(30-16-19)33-15-5-14-32-12-3-2-4-13-32/h6-9,16-17,28,31H,2-5,10-15,18H2,1H3. The summed E-state index contributed by atoms with van der Waals surface area (Å²) in [5.74, 6) is 1.55. The maximum absolute atomic E-state index is 6.46. The number of benzene rings is 1. The van der Waals surface area contributed by atoms with Gasteiger partial charge in [0.1, 0.15) is 12.4 Å². The molecule has 2 fully saturated rings. The van der Waals surface area contributed by atoms with Crippen molar-refractivity contribution in [1.82, 2.24) is 14.9 Å². The summed E-state index contributed by atoms with van der Waals surface area (Å²) >= 11 is 0. The molecule has 0 unspecified atom stereocenters. The molecule has 3 aromatic rings. The van der Waals surface area contributed by atoms with Crippen LogP contribution in [0.5, 0.6) is 11.6 Å². The van der Waals surface area contributed by atoms with Gasteiger partial charge in [-0.25, -0.2) is 4.98 Å². The highest BCUT2D eigenvalue weighted by molar-refractivity contribution is 6.06. The SMILES string of the molecule is CNc1cnc2ccc(-c3ccc(OCCCN4CCCCC4)nc3)c3c2c1NC1(CC1)CO3. The second kappa shape index (κ2) is 8.95. The molecule has 2 aromatic heterocycles. The molecular formula is C27H33N5O2. The van der Waals surface area contributed by atoms with Crippen molar-refractivity contribution in [3.63, 3.8) is 0 Å². The van der Waals surface area contributed by atoms with Gasteiger partial charge in [-0.2, -0.15) is 0 Å². The van der Waals surface area contributed by atoms with Gasteiger partial charge >= 0.3 is 0 Å². The van der Waals surface area contributed by atoms with Gasteiger partial charge in [0.05, 0.1) is 40.6 Å². The van der Waals surface area contributed by atoms with Gasteiger partial charge in [0.25, 0.3) is 0 Å². The maximum atomic E-state index is 6.46. The molecule has 3 aliphatic rings. The lowest BCUT2D eigenvalue weighted by Gasteiger charge is -2.26. The zero-order valence-electron chi connectivity index (χ0n) is 19.9. The van der Waals surface area contributed by atoms with E-state index in [1.165, 1.54) is 32.4 Å². The zero-order valence-corrected chi connectivity index (χ0v) is 19.9. The van der Waals surface area contributed by atoms with Crippen molar-refractivity contribution < 1.29 is 9.47 Å². The van der Waals surface area contributed by atoms with Crippen LogP contribution in [0.2, 0.25) is 0 Å². The predicted molar refractivity (Wildman–Crippen MR) is 136 cm³/mol. The van der Waals surface area contributed by atoms with Crippen molar-refractivity contribution in [2.45, 2.75) is 44.1 Å². The molecule has 178 valence electrons. The summed E-state index contributed by atoms with van der Waals surface area (Å²) < 4.78 is 12.4. The van der Waals surface area contributed by atoms with Crippen LogP contribution in [0.3, 0.4) is 0 Å². The Balaban J connectivity index is 1.22. The number of hydrogen-bond acceptors (Lipinski definition) is 7. The van der Waals surface area contributed by atoms with Gasteiger partial charge in [-0.3, -0.25) is 4.98 Å². The molecule has 2 N–H and O–H groups in total. The molecule has 34 heavy (non-hydrogen) atoms. The number of nitrogens with one attached hydrogen (secondary N) is 2. The van der Waals surface area contributed by atoms with Crippen LogP contribution >= 0.6 is 0 Å². The van der Waals surface area contributed by atoms with E-state index in [1.54, 1.807) is 0 Å². The highest BCUT2D eigenvalue weighted by atomic mass is 16.5. The number of hydrogen-bond donors (Lipinski definition) is 2. The van der Waals surface area contributed by atoms with Gasteiger partial charge in [-0.05, 0) is 63.4 Å². The van der Waals surface area contributed by atoms with E-state index in [9.17, 15) is 0 Å². The minimum atomic E-state index is 0.0281. The number of likely N-dealkylation sites (tertiary alicyclic amines) is 1. The van der Waals surface area contributed by atoms with E-state index in [0.29, 0.717) is 19.1 Å². The molecule has 0 radical (unpaired) electrons. The van der Waals surface area contributed by atoms with Gasteiger partial charge < -0.3 is 25.0 Å². The van der Waals surface area contributed by atoms with Gasteiger partial charge in [-0.1, -0.05) is 6.42 Å². The van der Waals surface area contributed by atoms with E-state index in [-0.39, 0.29) is 5.54 Å². The maximum Gasteiger partial charge on any atom is 0.213 e. The van der Waals surface area contributed by atoms with Crippen molar-refractivity contribution in [2.75, 3.05) is 50.5 Å². The second-order valence-electron chi connectivity index (χ2n) is 9.82. The third-order valence-electron chi connectivity index (χ3n) is 7.36. The molecule has 0 bridgehead atoms. The molecule has 7 heteroatoms. The van der Waals surface area contributed by atoms with E-state index >= 15 is 0 Å². The summed E-state index contributed by atoms with van der Waals surface area (Å²) in [5, 5.41) is 8.09. The molecule has 0 amide bonds. The van der Waals surface area contributed by atoms with Crippen LogP contribution in [0.15, 0.2) is 36.7 Å². The third-order valence-corrected chi connectivity index (χ3v) is 7.36. The van der Waals surface area contributed by atoms with E-state index in [1.807, 2.05) is 25.5 Å². The predicted octanol–water partition coefficient (Wildman–Crippen LogP) is 4.93. The quantitative estimate of drug-likeness (QED) is 0.486. The molecule has 4 heterocycles. The van der Waals surface area contributed by atoms with Crippen LogP contribution in [0, 0.1) is 0 Å². The lowest BCUT2D eigenvalue weighted by molar-refractivity contribution is 0.203. The largest absolute Gasteiger partial charge is 0.490 e. The molecule has 6 rings (SSSR count). The summed E-state index contributed by atoms with van der Waals surface area (Å²) in [4.78, 5) is 11.8. The minimum Gasteiger partial charge on any atom is -0.490 e. The fourth-order valence-electron chi connectivity index (χ4n) is 5.16. The number of pyridine rings is 2. The monoisotopic (exact) mass is 459 g/mol. The molecule has 2 aliphatic heterocycles.